The van der Waals surface area contributed by atoms with Crippen LogP contribution in [0.5, 0.6) is 0 Å². The summed E-state index contributed by atoms with van der Waals surface area (Å²) in [6.07, 6.45) is 2.76. The molecule has 4 nitrogen and oxygen atoms in total. The van der Waals surface area contributed by atoms with E-state index >= 15 is 0 Å². The van der Waals surface area contributed by atoms with Crippen LogP contribution < -0.4 is 4.90 Å². The first-order valence-electron chi connectivity index (χ1n) is 6.47. The fourth-order valence-corrected chi connectivity index (χ4v) is 3.34. The monoisotopic (exact) mass is 270 g/mol. The van der Waals surface area contributed by atoms with Gasteiger partial charge in [-0.1, -0.05) is 18.2 Å². The van der Waals surface area contributed by atoms with Crippen LogP contribution in [0.2, 0.25) is 0 Å². The normalized spacial score (nSPS) is 21.5. The highest BCUT2D eigenvalue weighted by Gasteiger charge is 2.38. The number of benzene rings is 1. The van der Waals surface area contributed by atoms with E-state index in [9.17, 15) is 0 Å². The number of rotatable bonds is 1. The van der Waals surface area contributed by atoms with E-state index in [1.54, 1.807) is 6.33 Å². The van der Waals surface area contributed by atoms with Crippen LogP contribution in [0.1, 0.15) is 11.4 Å². The van der Waals surface area contributed by atoms with Crippen LogP contribution in [0.15, 0.2) is 36.7 Å². The molecule has 2 aromatic rings. The number of hydrogen-bond acceptors (Lipinski definition) is 2. The summed E-state index contributed by atoms with van der Waals surface area (Å²) in [5.74, 6) is 0. The van der Waals surface area contributed by atoms with Gasteiger partial charge in [-0.15, -0.1) is 0 Å². The zero-order valence-electron chi connectivity index (χ0n) is 10.4. The van der Waals surface area contributed by atoms with Gasteiger partial charge in [-0.05, 0) is 24.4 Å². The Balaban J connectivity index is 1.65. The summed E-state index contributed by atoms with van der Waals surface area (Å²) in [5.41, 5.74) is 3.57. The third kappa shape index (κ3) is 1.65. The molecule has 96 valence electrons. The molecule has 5 heteroatoms. The predicted octanol–water partition coefficient (Wildman–Crippen LogP) is 1.94. The van der Waals surface area contributed by atoms with E-state index in [-0.39, 0.29) is 0 Å². The molecular formula is C14H14N4S. The Morgan fingerprint density at radius 1 is 1.26 bits per heavy atom. The molecule has 0 aliphatic carbocycles. The number of hydrogen-bond donors (Lipinski definition) is 1. The van der Waals surface area contributed by atoms with E-state index in [2.05, 4.69) is 44.0 Å². The van der Waals surface area contributed by atoms with Crippen LogP contribution in [0, 0.1) is 0 Å². The first-order valence-corrected chi connectivity index (χ1v) is 6.88. The van der Waals surface area contributed by atoms with Gasteiger partial charge in [-0.25, -0.2) is 4.98 Å². The van der Waals surface area contributed by atoms with Gasteiger partial charge in [0.25, 0.3) is 0 Å². The quantitative estimate of drug-likeness (QED) is 0.803. The van der Waals surface area contributed by atoms with Gasteiger partial charge in [0.15, 0.2) is 5.11 Å². The van der Waals surface area contributed by atoms with Crippen molar-refractivity contribution in [2.75, 3.05) is 11.4 Å². The predicted molar refractivity (Wildman–Crippen MR) is 78.0 cm³/mol. The van der Waals surface area contributed by atoms with Crippen molar-refractivity contribution in [2.45, 2.75) is 19.0 Å². The molecule has 0 spiro atoms. The van der Waals surface area contributed by atoms with Gasteiger partial charge in [0.05, 0.1) is 30.3 Å². The molecular weight excluding hydrogens is 256 g/mol. The molecule has 2 aliphatic rings. The highest BCUT2D eigenvalue weighted by atomic mass is 32.1. The standard InChI is InChI=1S/C14H14N4S/c19-14-17(10-4-2-1-3-5-10)7-11-6-12-13(8-18(11)14)16-9-15-12/h1-5,9,11H,6-8H2,(H,15,16). The fraction of sp³-hybridized carbons (Fsp3) is 0.286. The van der Waals surface area contributed by atoms with E-state index in [4.69, 9.17) is 12.2 Å². The lowest BCUT2D eigenvalue weighted by molar-refractivity contribution is 0.317. The summed E-state index contributed by atoms with van der Waals surface area (Å²) < 4.78 is 0. The smallest absolute Gasteiger partial charge is 0.176 e. The van der Waals surface area contributed by atoms with Crippen LogP contribution in [0.25, 0.3) is 0 Å². The van der Waals surface area contributed by atoms with Crippen molar-refractivity contribution in [2.24, 2.45) is 0 Å². The van der Waals surface area contributed by atoms with Crippen molar-refractivity contribution in [1.29, 1.82) is 0 Å². The van der Waals surface area contributed by atoms with Gasteiger partial charge in [-0.3, -0.25) is 0 Å². The number of fused-ring (bicyclic) bond motifs is 2. The molecule has 1 atom stereocenters. The second-order valence-corrected chi connectivity index (χ2v) is 5.41. The van der Waals surface area contributed by atoms with E-state index in [1.807, 2.05) is 6.07 Å². The van der Waals surface area contributed by atoms with Crippen LogP contribution >= 0.6 is 12.2 Å². The molecule has 1 N–H and O–H groups in total. The molecule has 1 fully saturated rings. The average molecular weight is 270 g/mol. The number of imidazole rings is 1. The topological polar surface area (TPSA) is 35.2 Å². The zero-order chi connectivity index (χ0) is 12.8. The first-order chi connectivity index (χ1) is 9.33. The third-order valence-electron chi connectivity index (χ3n) is 3.94. The van der Waals surface area contributed by atoms with Crippen molar-refractivity contribution < 1.29 is 0 Å². The van der Waals surface area contributed by atoms with Gasteiger partial charge in [0, 0.05) is 18.7 Å². The second kappa shape index (κ2) is 4.06. The minimum absolute atomic E-state index is 0.448. The van der Waals surface area contributed by atoms with Gasteiger partial charge in [-0.2, -0.15) is 0 Å². The van der Waals surface area contributed by atoms with Crippen molar-refractivity contribution in [1.82, 2.24) is 14.9 Å². The Labute approximate surface area is 117 Å². The summed E-state index contributed by atoms with van der Waals surface area (Å²) in [5, 5.41) is 0.927. The van der Waals surface area contributed by atoms with Crippen LogP contribution in [0.4, 0.5) is 5.69 Å². The summed E-state index contributed by atoms with van der Waals surface area (Å²) in [7, 11) is 0. The molecule has 4 rings (SSSR count). The van der Waals surface area contributed by atoms with Crippen LogP contribution in [0.3, 0.4) is 0 Å². The Bertz CT molecular complexity index is 621. The molecule has 1 saturated heterocycles. The molecule has 0 bridgehead atoms. The lowest BCUT2D eigenvalue weighted by Gasteiger charge is -2.28. The number of anilines is 1. The van der Waals surface area contributed by atoms with Crippen molar-refractivity contribution >= 4 is 23.0 Å². The van der Waals surface area contributed by atoms with Gasteiger partial charge >= 0.3 is 0 Å². The van der Waals surface area contributed by atoms with Gasteiger partial charge in [0.1, 0.15) is 0 Å². The maximum Gasteiger partial charge on any atom is 0.176 e. The number of H-pyrrole nitrogens is 1. The maximum absolute atomic E-state index is 5.64. The number of para-hydroxylation sites is 1. The Kier molecular flexibility index (Phi) is 2.35. The van der Waals surface area contributed by atoms with E-state index < -0.39 is 0 Å². The summed E-state index contributed by atoms with van der Waals surface area (Å²) in [4.78, 5) is 12.1. The Hall–Kier alpha value is -1.88. The van der Waals surface area contributed by atoms with Crippen molar-refractivity contribution in [3.8, 4) is 0 Å². The number of nitrogens with zero attached hydrogens (tertiary/aromatic N) is 3. The Morgan fingerprint density at radius 3 is 2.95 bits per heavy atom. The SMILES string of the molecule is S=C1N(c2ccccc2)CC2Cc3nc[nH]c3CN12. The highest BCUT2D eigenvalue weighted by Crippen LogP contribution is 2.30. The molecule has 0 radical (unpaired) electrons. The number of thiocarbonyl (C=S) groups is 1. The van der Waals surface area contributed by atoms with Crippen LogP contribution in [-0.2, 0) is 13.0 Å². The summed E-state index contributed by atoms with van der Waals surface area (Å²) in [6, 6.07) is 10.8. The molecule has 1 aromatic heterocycles. The summed E-state index contributed by atoms with van der Waals surface area (Å²) in [6.45, 7) is 1.80. The van der Waals surface area contributed by atoms with E-state index in [1.165, 1.54) is 17.1 Å². The minimum atomic E-state index is 0.448. The first kappa shape index (κ1) is 11.0. The Morgan fingerprint density at radius 2 is 2.11 bits per heavy atom. The number of nitrogens with one attached hydrogen (secondary N) is 1. The lowest BCUT2D eigenvalue weighted by Crippen LogP contribution is -2.39. The average Bonchev–Trinajstić information content (AvgIpc) is 3.02. The molecule has 1 aromatic carbocycles. The molecule has 0 saturated carbocycles. The van der Waals surface area contributed by atoms with E-state index in [0.29, 0.717) is 6.04 Å². The molecule has 3 heterocycles. The zero-order valence-corrected chi connectivity index (χ0v) is 11.2. The number of aromatic nitrogens is 2. The molecule has 19 heavy (non-hydrogen) atoms. The molecule has 0 amide bonds. The van der Waals surface area contributed by atoms with Gasteiger partial charge < -0.3 is 14.8 Å². The van der Waals surface area contributed by atoms with Crippen molar-refractivity contribution in [3.05, 3.63) is 48.0 Å². The third-order valence-corrected chi connectivity index (χ3v) is 4.40. The van der Waals surface area contributed by atoms with Gasteiger partial charge in [0.2, 0.25) is 0 Å². The lowest BCUT2D eigenvalue weighted by atomic mass is 10.0. The van der Waals surface area contributed by atoms with Crippen molar-refractivity contribution in [3.63, 3.8) is 0 Å². The van der Waals surface area contributed by atoms with Crippen LogP contribution in [-0.4, -0.2) is 32.6 Å². The largest absolute Gasteiger partial charge is 0.347 e. The maximum atomic E-state index is 5.64. The second-order valence-electron chi connectivity index (χ2n) is 5.04. The number of aromatic amines is 1. The molecule has 2 aliphatic heterocycles. The summed E-state index contributed by atoms with van der Waals surface area (Å²) >= 11 is 5.64. The fourth-order valence-electron chi connectivity index (χ4n) is 2.95. The van der Waals surface area contributed by atoms with E-state index in [0.717, 1.165) is 24.6 Å². The minimum Gasteiger partial charge on any atom is -0.347 e. The molecule has 1 unspecified atom stereocenters. The highest BCUT2D eigenvalue weighted by molar-refractivity contribution is 7.80.